The number of hydrogen-bond donors (Lipinski definition) is 2. The zero-order valence-electron chi connectivity index (χ0n) is 15.5. The summed E-state index contributed by atoms with van der Waals surface area (Å²) in [5, 5.41) is 8.97. The predicted molar refractivity (Wildman–Crippen MR) is 118 cm³/mol. The minimum Gasteiger partial charge on any atom is -0.379 e. The van der Waals surface area contributed by atoms with Gasteiger partial charge in [-0.15, -0.1) is 35.3 Å². The lowest BCUT2D eigenvalue weighted by Crippen LogP contribution is -2.42. The number of hydrogen-bond acceptors (Lipinski definition) is 5. The van der Waals surface area contributed by atoms with Gasteiger partial charge in [0.2, 0.25) is 0 Å². The van der Waals surface area contributed by atoms with E-state index in [1.807, 2.05) is 18.4 Å². The van der Waals surface area contributed by atoms with Crippen LogP contribution in [0.1, 0.15) is 23.3 Å². The van der Waals surface area contributed by atoms with Crippen LogP contribution in [0.15, 0.2) is 16.4 Å². The number of aliphatic imine (C=N–C) groups is 1. The second-order valence-electron chi connectivity index (χ2n) is 6.53. The van der Waals surface area contributed by atoms with Crippen LogP contribution in [-0.2, 0) is 22.4 Å². The van der Waals surface area contributed by atoms with Crippen LogP contribution >= 0.6 is 35.3 Å². The number of nitrogens with one attached hydrogen (secondary N) is 2. The van der Waals surface area contributed by atoms with Crippen LogP contribution < -0.4 is 10.6 Å². The molecule has 1 fully saturated rings. The third kappa shape index (κ3) is 6.95. The average Bonchev–Trinajstić information content (AvgIpc) is 3.31. The number of rotatable bonds is 8. The molecule has 2 aliphatic heterocycles. The maximum Gasteiger partial charge on any atom is 0.191 e. The molecule has 26 heavy (non-hydrogen) atoms. The number of ether oxygens (including phenoxy) is 2. The van der Waals surface area contributed by atoms with Gasteiger partial charge in [0.25, 0.3) is 0 Å². The van der Waals surface area contributed by atoms with Crippen LogP contribution in [-0.4, -0.2) is 70.0 Å². The van der Waals surface area contributed by atoms with Crippen LogP contribution in [0.5, 0.6) is 0 Å². The van der Waals surface area contributed by atoms with E-state index in [-0.39, 0.29) is 24.0 Å². The summed E-state index contributed by atoms with van der Waals surface area (Å²) in [5.41, 5.74) is 1.51. The highest BCUT2D eigenvalue weighted by Gasteiger charge is 2.17. The van der Waals surface area contributed by atoms with Crippen LogP contribution in [0.4, 0.5) is 0 Å². The molecule has 148 valence electrons. The van der Waals surface area contributed by atoms with E-state index in [0.717, 1.165) is 71.3 Å². The van der Waals surface area contributed by atoms with Crippen molar-refractivity contribution < 1.29 is 9.47 Å². The summed E-state index contributed by atoms with van der Waals surface area (Å²) in [6, 6.07) is 2.26. The normalized spacial score (nSPS) is 20.5. The molecule has 8 heteroatoms. The van der Waals surface area contributed by atoms with Gasteiger partial charge in [0.15, 0.2) is 5.96 Å². The Kier molecular flexibility index (Phi) is 10.2. The number of fused-ring (bicyclic) bond motifs is 1. The molecule has 2 aliphatic rings. The highest BCUT2D eigenvalue weighted by atomic mass is 127. The Morgan fingerprint density at radius 1 is 1.42 bits per heavy atom. The SMILES string of the molecule is CN=C(NCCCOC1CCOC1)NCCN1CCc2sccc2C1.I. The fraction of sp³-hybridized carbons (Fsp3) is 0.722. The topological polar surface area (TPSA) is 58.1 Å². The standard InChI is InChI=1S/C18H30N4O2S.HI/c1-19-18(20-6-2-10-24-16-4-11-23-14-16)21-7-9-22-8-3-17-15(13-22)5-12-25-17;/h5,12,16H,2-4,6-11,13-14H2,1H3,(H2,19,20,21);1H. The van der Waals surface area contributed by atoms with E-state index in [2.05, 4.69) is 32.0 Å². The summed E-state index contributed by atoms with van der Waals surface area (Å²) >= 11 is 1.89. The Labute approximate surface area is 177 Å². The lowest BCUT2D eigenvalue weighted by Gasteiger charge is -2.27. The van der Waals surface area contributed by atoms with Gasteiger partial charge in [-0.05, 0) is 36.3 Å². The molecule has 0 aromatic carbocycles. The molecule has 1 atom stereocenters. The van der Waals surface area contributed by atoms with Gasteiger partial charge in [-0.2, -0.15) is 0 Å². The van der Waals surface area contributed by atoms with Gasteiger partial charge in [-0.1, -0.05) is 0 Å². The van der Waals surface area contributed by atoms with Crippen molar-refractivity contribution in [1.29, 1.82) is 0 Å². The van der Waals surface area contributed by atoms with E-state index in [0.29, 0.717) is 6.10 Å². The first-order valence-electron chi connectivity index (χ1n) is 9.26. The first-order valence-corrected chi connectivity index (χ1v) is 10.1. The number of thiophene rings is 1. The highest BCUT2D eigenvalue weighted by Crippen LogP contribution is 2.23. The van der Waals surface area contributed by atoms with Crippen molar-refractivity contribution in [3.63, 3.8) is 0 Å². The van der Waals surface area contributed by atoms with Crippen molar-refractivity contribution in [2.24, 2.45) is 4.99 Å². The Balaban J connectivity index is 0.00000243. The van der Waals surface area contributed by atoms with Gasteiger partial charge in [0.1, 0.15) is 0 Å². The molecule has 1 aromatic heterocycles. The van der Waals surface area contributed by atoms with E-state index >= 15 is 0 Å². The third-order valence-electron chi connectivity index (χ3n) is 4.69. The van der Waals surface area contributed by atoms with Crippen molar-refractivity contribution in [1.82, 2.24) is 15.5 Å². The van der Waals surface area contributed by atoms with Crippen molar-refractivity contribution in [2.75, 3.05) is 53.0 Å². The number of guanidine groups is 1. The quantitative estimate of drug-likeness (QED) is 0.251. The highest BCUT2D eigenvalue weighted by molar-refractivity contribution is 14.0. The van der Waals surface area contributed by atoms with Crippen LogP contribution in [0, 0.1) is 0 Å². The molecule has 1 saturated heterocycles. The molecule has 1 aromatic rings. The Morgan fingerprint density at radius 2 is 2.31 bits per heavy atom. The van der Waals surface area contributed by atoms with Crippen molar-refractivity contribution in [3.05, 3.63) is 21.9 Å². The molecular formula is C18H31IN4O2S. The minimum atomic E-state index is 0. The van der Waals surface area contributed by atoms with Crippen molar-refractivity contribution in [2.45, 2.75) is 31.9 Å². The summed E-state index contributed by atoms with van der Waals surface area (Å²) < 4.78 is 11.1. The summed E-state index contributed by atoms with van der Waals surface area (Å²) in [6.07, 6.45) is 3.49. The smallest absolute Gasteiger partial charge is 0.191 e. The second kappa shape index (κ2) is 12.1. The zero-order valence-corrected chi connectivity index (χ0v) is 18.7. The van der Waals surface area contributed by atoms with Crippen LogP contribution in [0.3, 0.4) is 0 Å². The molecule has 0 spiro atoms. The largest absolute Gasteiger partial charge is 0.379 e. The molecule has 0 aliphatic carbocycles. The Hall–Kier alpha value is -0.420. The summed E-state index contributed by atoms with van der Waals surface area (Å²) in [4.78, 5) is 8.36. The van der Waals surface area contributed by atoms with Gasteiger partial charge in [-0.3, -0.25) is 9.89 Å². The van der Waals surface area contributed by atoms with E-state index in [9.17, 15) is 0 Å². The van der Waals surface area contributed by atoms with E-state index in [1.54, 1.807) is 4.88 Å². The first-order chi connectivity index (χ1) is 12.3. The van der Waals surface area contributed by atoms with Crippen LogP contribution in [0.2, 0.25) is 0 Å². The van der Waals surface area contributed by atoms with Gasteiger partial charge < -0.3 is 20.1 Å². The first kappa shape index (κ1) is 21.9. The molecule has 2 N–H and O–H groups in total. The second-order valence-corrected chi connectivity index (χ2v) is 7.53. The minimum absolute atomic E-state index is 0. The lowest BCUT2D eigenvalue weighted by molar-refractivity contribution is 0.0420. The van der Waals surface area contributed by atoms with Gasteiger partial charge in [0.05, 0.1) is 12.7 Å². The van der Waals surface area contributed by atoms with Gasteiger partial charge >= 0.3 is 0 Å². The molecule has 0 radical (unpaired) electrons. The molecule has 3 heterocycles. The fourth-order valence-electron chi connectivity index (χ4n) is 3.22. The maximum absolute atomic E-state index is 5.77. The third-order valence-corrected chi connectivity index (χ3v) is 5.71. The van der Waals surface area contributed by atoms with Crippen molar-refractivity contribution in [3.8, 4) is 0 Å². The van der Waals surface area contributed by atoms with Gasteiger partial charge in [0, 0.05) is 57.9 Å². The van der Waals surface area contributed by atoms with E-state index < -0.39 is 0 Å². The average molecular weight is 494 g/mol. The molecule has 0 bridgehead atoms. The summed E-state index contributed by atoms with van der Waals surface area (Å²) in [7, 11) is 1.82. The molecule has 3 rings (SSSR count). The molecule has 1 unspecified atom stereocenters. The predicted octanol–water partition coefficient (Wildman–Crippen LogP) is 2.08. The monoisotopic (exact) mass is 494 g/mol. The molecular weight excluding hydrogens is 463 g/mol. The zero-order chi connectivity index (χ0) is 17.3. The van der Waals surface area contributed by atoms with Crippen molar-refractivity contribution >= 4 is 41.3 Å². The number of nitrogens with zero attached hydrogens (tertiary/aromatic N) is 2. The fourth-order valence-corrected chi connectivity index (χ4v) is 4.11. The molecule has 0 saturated carbocycles. The molecule has 6 nitrogen and oxygen atoms in total. The Morgan fingerprint density at radius 3 is 3.12 bits per heavy atom. The molecule has 0 amide bonds. The summed E-state index contributed by atoms with van der Waals surface area (Å²) in [5.74, 6) is 0.873. The number of halogens is 1. The lowest BCUT2D eigenvalue weighted by atomic mass is 10.1. The van der Waals surface area contributed by atoms with Crippen LogP contribution in [0.25, 0.3) is 0 Å². The summed E-state index contributed by atoms with van der Waals surface area (Å²) in [6.45, 7) is 7.42. The van der Waals surface area contributed by atoms with Gasteiger partial charge in [-0.25, -0.2) is 0 Å². The Bertz CT molecular complexity index is 549. The maximum atomic E-state index is 5.77. The van der Waals surface area contributed by atoms with E-state index in [4.69, 9.17) is 9.47 Å². The van der Waals surface area contributed by atoms with E-state index in [1.165, 1.54) is 12.0 Å².